The van der Waals surface area contributed by atoms with Crippen LogP contribution in [0.2, 0.25) is 5.02 Å². The van der Waals surface area contributed by atoms with E-state index >= 15 is 0 Å². The zero-order valence-electron chi connectivity index (χ0n) is 23.4. The second kappa shape index (κ2) is 11.9. The second-order valence-corrected chi connectivity index (χ2v) is 13.0. The first-order valence-electron chi connectivity index (χ1n) is 15.0. The molecule has 1 aromatic heterocycles. The summed E-state index contributed by atoms with van der Waals surface area (Å²) in [5, 5.41) is 2.26. The molecule has 0 spiro atoms. The highest BCUT2D eigenvalue weighted by Gasteiger charge is 2.34. The number of nitrogens with zero attached hydrogens (tertiary/aromatic N) is 5. The van der Waals surface area contributed by atoms with E-state index in [1.54, 1.807) is 0 Å². The standard InChI is InChI=1S/C34H37Cl2N5/c35-28-13-9-24(10-14-28)33(25-11-15-29(36)16-12-25)40-19-17-39(18-20-40)23-32-37-31-8-4-3-7-30(31)34(38-32)41-21-26-5-1-2-6-27(26)22-41/h1-10,13-14,25,29,33H,11-12,15-23H2. The van der Waals surface area contributed by atoms with Crippen LogP contribution >= 0.6 is 23.2 Å². The van der Waals surface area contributed by atoms with Gasteiger partial charge in [0.25, 0.3) is 0 Å². The van der Waals surface area contributed by atoms with E-state index in [1.165, 1.54) is 29.5 Å². The Labute approximate surface area is 253 Å². The van der Waals surface area contributed by atoms with Crippen molar-refractivity contribution in [2.24, 2.45) is 5.92 Å². The SMILES string of the molecule is Clc1ccc(C(C2CCC(Cl)CC2)N2CCN(Cc3nc(N4Cc5ccccc5C4)c4ccccc4n3)CC2)cc1. The van der Waals surface area contributed by atoms with Crippen LogP contribution in [0.5, 0.6) is 0 Å². The number of aromatic nitrogens is 2. The number of rotatable bonds is 6. The van der Waals surface area contributed by atoms with E-state index in [0.717, 1.165) is 86.2 Å². The summed E-state index contributed by atoms with van der Waals surface area (Å²) in [4.78, 5) is 17.8. The first-order chi connectivity index (χ1) is 20.1. The minimum Gasteiger partial charge on any atom is -0.347 e. The minimum absolute atomic E-state index is 0.329. The summed E-state index contributed by atoms with van der Waals surface area (Å²) in [6, 6.07) is 26.1. The topological polar surface area (TPSA) is 35.5 Å². The summed E-state index contributed by atoms with van der Waals surface area (Å²) in [6.07, 6.45) is 4.60. The Morgan fingerprint density at radius 1 is 0.756 bits per heavy atom. The van der Waals surface area contributed by atoms with Crippen molar-refractivity contribution in [3.05, 3.63) is 100 Å². The van der Waals surface area contributed by atoms with Crippen molar-refractivity contribution in [2.75, 3.05) is 31.1 Å². The molecule has 212 valence electrons. The van der Waals surface area contributed by atoms with E-state index in [4.69, 9.17) is 33.2 Å². The third-order valence-corrected chi connectivity index (χ3v) is 9.98. The number of piperazine rings is 1. The number of hydrogen-bond acceptors (Lipinski definition) is 5. The summed E-state index contributed by atoms with van der Waals surface area (Å²) >= 11 is 12.8. The largest absolute Gasteiger partial charge is 0.347 e. The van der Waals surface area contributed by atoms with Crippen LogP contribution in [-0.4, -0.2) is 51.3 Å². The number of fused-ring (bicyclic) bond motifs is 2. The van der Waals surface area contributed by atoms with Gasteiger partial charge in [0, 0.05) is 61.1 Å². The van der Waals surface area contributed by atoms with Crippen molar-refractivity contribution in [3.63, 3.8) is 0 Å². The van der Waals surface area contributed by atoms with Gasteiger partial charge >= 0.3 is 0 Å². The number of halogens is 2. The average molecular weight is 587 g/mol. The third-order valence-electron chi connectivity index (χ3n) is 9.29. The molecule has 1 saturated heterocycles. The van der Waals surface area contributed by atoms with Gasteiger partial charge in [-0.3, -0.25) is 9.80 Å². The molecule has 0 N–H and O–H groups in total. The Morgan fingerprint density at radius 3 is 2.12 bits per heavy atom. The molecule has 1 saturated carbocycles. The average Bonchev–Trinajstić information content (AvgIpc) is 3.44. The number of hydrogen-bond donors (Lipinski definition) is 0. The van der Waals surface area contributed by atoms with Crippen LogP contribution in [0.15, 0.2) is 72.8 Å². The maximum absolute atomic E-state index is 6.50. The summed E-state index contributed by atoms with van der Waals surface area (Å²) in [6.45, 7) is 6.66. The van der Waals surface area contributed by atoms with Gasteiger partial charge in [-0.2, -0.15) is 0 Å². The van der Waals surface area contributed by atoms with Gasteiger partial charge in [-0.15, -0.1) is 11.6 Å². The third kappa shape index (κ3) is 5.83. The lowest BCUT2D eigenvalue weighted by atomic mass is 9.80. The maximum atomic E-state index is 6.50. The van der Waals surface area contributed by atoms with E-state index in [-0.39, 0.29) is 0 Å². The van der Waals surface area contributed by atoms with Crippen LogP contribution in [0.4, 0.5) is 5.82 Å². The monoisotopic (exact) mass is 585 g/mol. The van der Waals surface area contributed by atoms with Crippen LogP contribution < -0.4 is 4.90 Å². The second-order valence-electron chi connectivity index (χ2n) is 11.9. The molecule has 7 heteroatoms. The van der Waals surface area contributed by atoms with Crippen LogP contribution in [0.25, 0.3) is 10.9 Å². The van der Waals surface area contributed by atoms with E-state index in [2.05, 4.69) is 75.4 Å². The summed E-state index contributed by atoms with van der Waals surface area (Å²) in [5.74, 6) is 2.60. The van der Waals surface area contributed by atoms with Crippen molar-refractivity contribution < 1.29 is 0 Å². The van der Waals surface area contributed by atoms with Gasteiger partial charge in [-0.05, 0) is 72.6 Å². The van der Waals surface area contributed by atoms with Crippen molar-refractivity contribution >= 4 is 39.9 Å². The molecule has 4 aromatic rings. The highest BCUT2D eigenvalue weighted by Crippen LogP contribution is 2.40. The molecule has 1 unspecified atom stereocenters. The molecule has 0 bridgehead atoms. The molecule has 1 aliphatic carbocycles. The van der Waals surface area contributed by atoms with Crippen molar-refractivity contribution in [1.82, 2.24) is 19.8 Å². The molecule has 5 nitrogen and oxygen atoms in total. The van der Waals surface area contributed by atoms with Gasteiger partial charge in [-0.1, -0.05) is 60.1 Å². The van der Waals surface area contributed by atoms with Gasteiger partial charge in [0.05, 0.1) is 12.1 Å². The quantitative estimate of drug-likeness (QED) is 0.219. The number of alkyl halides is 1. The van der Waals surface area contributed by atoms with E-state index in [1.807, 2.05) is 12.1 Å². The van der Waals surface area contributed by atoms with Crippen LogP contribution in [-0.2, 0) is 19.6 Å². The molecule has 7 rings (SSSR count). The number of benzene rings is 3. The fourth-order valence-electron chi connectivity index (χ4n) is 7.14. The van der Waals surface area contributed by atoms with Crippen molar-refractivity contribution in [2.45, 2.75) is 56.7 Å². The predicted octanol–water partition coefficient (Wildman–Crippen LogP) is 7.46. The Morgan fingerprint density at radius 2 is 1.41 bits per heavy atom. The molecule has 3 aliphatic rings. The molecular weight excluding hydrogens is 549 g/mol. The first kappa shape index (κ1) is 27.2. The Kier molecular flexibility index (Phi) is 7.87. The molecule has 2 fully saturated rings. The molecule has 3 heterocycles. The summed E-state index contributed by atoms with van der Waals surface area (Å²) in [7, 11) is 0. The van der Waals surface area contributed by atoms with Gasteiger partial charge < -0.3 is 4.90 Å². The smallest absolute Gasteiger partial charge is 0.145 e. The van der Waals surface area contributed by atoms with Gasteiger partial charge in [0.1, 0.15) is 11.6 Å². The highest BCUT2D eigenvalue weighted by atomic mass is 35.5. The predicted molar refractivity (Wildman–Crippen MR) is 169 cm³/mol. The summed E-state index contributed by atoms with van der Waals surface area (Å²) < 4.78 is 0. The van der Waals surface area contributed by atoms with Gasteiger partial charge in [0.2, 0.25) is 0 Å². The highest BCUT2D eigenvalue weighted by molar-refractivity contribution is 6.30. The van der Waals surface area contributed by atoms with E-state index < -0.39 is 0 Å². The van der Waals surface area contributed by atoms with Crippen LogP contribution in [0.1, 0.15) is 54.2 Å². The van der Waals surface area contributed by atoms with Crippen molar-refractivity contribution in [3.8, 4) is 0 Å². The van der Waals surface area contributed by atoms with Gasteiger partial charge in [-0.25, -0.2) is 9.97 Å². The Balaban J connectivity index is 1.08. The lowest BCUT2D eigenvalue weighted by Crippen LogP contribution is -2.49. The Bertz CT molecular complexity index is 1470. The maximum Gasteiger partial charge on any atom is 0.145 e. The normalized spacial score (nSPS) is 22.6. The minimum atomic E-state index is 0.329. The molecule has 3 aromatic carbocycles. The zero-order chi connectivity index (χ0) is 27.8. The Hall–Kier alpha value is -2.70. The fraction of sp³-hybridized carbons (Fsp3) is 0.412. The van der Waals surface area contributed by atoms with E-state index in [0.29, 0.717) is 17.3 Å². The molecule has 0 amide bonds. The fourth-order valence-corrected chi connectivity index (χ4v) is 7.51. The molecule has 2 aliphatic heterocycles. The molecular formula is C34H37Cl2N5. The lowest BCUT2D eigenvalue weighted by molar-refractivity contribution is 0.0541. The first-order valence-corrected chi connectivity index (χ1v) is 15.9. The van der Waals surface area contributed by atoms with Crippen LogP contribution in [0, 0.1) is 5.92 Å². The number of para-hydroxylation sites is 1. The molecule has 0 radical (unpaired) electrons. The molecule has 41 heavy (non-hydrogen) atoms. The molecule has 1 atom stereocenters. The van der Waals surface area contributed by atoms with E-state index in [9.17, 15) is 0 Å². The lowest BCUT2D eigenvalue weighted by Gasteiger charge is -2.44. The van der Waals surface area contributed by atoms with Crippen molar-refractivity contribution in [1.29, 1.82) is 0 Å². The van der Waals surface area contributed by atoms with Gasteiger partial charge in [0.15, 0.2) is 0 Å². The number of anilines is 1. The van der Waals surface area contributed by atoms with Crippen LogP contribution in [0.3, 0.4) is 0 Å². The summed E-state index contributed by atoms with van der Waals surface area (Å²) in [5.41, 5.74) is 5.19. The zero-order valence-corrected chi connectivity index (χ0v) is 24.9.